The van der Waals surface area contributed by atoms with Crippen LogP contribution in [-0.2, 0) is 15.8 Å². The molecule has 3 heterocycles. The summed E-state index contributed by atoms with van der Waals surface area (Å²) in [5.41, 5.74) is 5.06. The Kier molecular flexibility index (Phi) is 5.89. The first-order chi connectivity index (χ1) is 15.1. The second-order valence-electron chi connectivity index (χ2n) is 7.71. The number of benzene rings is 1. The van der Waals surface area contributed by atoms with E-state index in [1.165, 1.54) is 4.90 Å². The molecule has 1 fully saturated rings. The lowest BCUT2D eigenvalue weighted by atomic mass is 9.94. The summed E-state index contributed by atoms with van der Waals surface area (Å²) in [6, 6.07) is 7.78. The van der Waals surface area contributed by atoms with Crippen molar-refractivity contribution in [2.75, 3.05) is 29.4 Å². The minimum Gasteiger partial charge on any atom is -0.477 e. The Morgan fingerprint density at radius 3 is 2.50 bits per heavy atom. The van der Waals surface area contributed by atoms with E-state index in [0.29, 0.717) is 37.4 Å². The number of alkyl halides is 3. The SMILES string of the molecule is NC(=O)[C@H]1CN(C(=O)C2CCN(c3ncc(C(F)(F)F)cc3Cl)CC2)c2ccccc2O1. The number of hydrogen-bond donors (Lipinski definition) is 1. The highest BCUT2D eigenvalue weighted by atomic mass is 35.5. The molecule has 0 saturated carbocycles. The number of primary amides is 1. The van der Waals surface area contributed by atoms with Crippen molar-refractivity contribution in [3.63, 3.8) is 0 Å². The zero-order valence-electron chi connectivity index (χ0n) is 16.8. The van der Waals surface area contributed by atoms with E-state index < -0.39 is 23.8 Å². The number of aromatic nitrogens is 1. The fraction of sp³-hybridized carbons (Fsp3) is 0.381. The summed E-state index contributed by atoms with van der Waals surface area (Å²) in [6.07, 6.45) is -3.79. The molecular weight excluding hydrogens is 449 g/mol. The molecule has 0 radical (unpaired) electrons. The Morgan fingerprint density at radius 2 is 1.88 bits per heavy atom. The maximum absolute atomic E-state index is 13.3. The summed E-state index contributed by atoms with van der Waals surface area (Å²) in [4.78, 5) is 32.2. The van der Waals surface area contributed by atoms with E-state index in [4.69, 9.17) is 22.1 Å². The van der Waals surface area contributed by atoms with Crippen LogP contribution in [0.1, 0.15) is 18.4 Å². The Hall–Kier alpha value is -3.01. The predicted octanol–water partition coefficient (Wildman–Crippen LogP) is 3.25. The zero-order valence-corrected chi connectivity index (χ0v) is 17.6. The van der Waals surface area contributed by atoms with Crippen molar-refractivity contribution in [1.82, 2.24) is 4.98 Å². The molecule has 170 valence electrons. The van der Waals surface area contributed by atoms with Crippen molar-refractivity contribution in [2.24, 2.45) is 11.7 Å². The smallest absolute Gasteiger partial charge is 0.417 e. The zero-order chi connectivity index (χ0) is 23.0. The summed E-state index contributed by atoms with van der Waals surface area (Å²) in [5, 5.41) is -0.0870. The van der Waals surface area contributed by atoms with Crippen molar-refractivity contribution in [2.45, 2.75) is 25.1 Å². The summed E-state index contributed by atoms with van der Waals surface area (Å²) in [6.45, 7) is 0.830. The molecule has 1 aromatic carbocycles. The first kappa shape index (κ1) is 22.2. The van der Waals surface area contributed by atoms with Crippen molar-refractivity contribution < 1.29 is 27.5 Å². The van der Waals surface area contributed by atoms with Gasteiger partial charge in [0.25, 0.3) is 5.91 Å². The second kappa shape index (κ2) is 8.50. The highest BCUT2D eigenvalue weighted by Crippen LogP contribution is 2.37. The average molecular weight is 469 g/mol. The Bertz CT molecular complexity index is 1040. The number of carbonyl (C=O) groups is 2. The number of hydrogen-bond acceptors (Lipinski definition) is 5. The summed E-state index contributed by atoms with van der Waals surface area (Å²) in [7, 11) is 0. The lowest BCUT2D eigenvalue weighted by molar-refractivity contribution is -0.137. The standard InChI is InChI=1S/C21H20ClF3N4O3/c22-14-9-13(21(23,24)25)10-27-19(14)28-7-5-12(6-8-28)20(31)29-11-17(18(26)30)32-16-4-2-1-3-15(16)29/h1-4,9-10,12,17H,5-8,11H2,(H2,26,30)/t17-/m1/s1. The minimum absolute atomic E-state index is 0.0255. The van der Waals surface area contributed by atoms with Gasteiger partial charge in [-0.05, 0) is 31.0 Å². The van der Waals surface area contributed by atoms with Crippen LogP contribution in [-0.4, -0.2) is 42.5 Å². The average Bonchev–Trinajstić information content (AvgIpc) is 2.77. The van der Waals surface area contributed by atoms with E-state index >= 15 is 0 Å². The Labute approximate surface area is 186 Å². The van der Waals surface area contributed by atoms with Crippen molar-refractivity contribution >= 4 is 34.9 Å². The van der Waals surface area contributed by atoms with Crippen LogP contribution in [0.3, 0.4) is 0 Å². The third-order valence-electron chi connectivity index (χ3n) is 5.65. The third kappa shape index (κ3) is 4.32. The number of piperidine rings is 1. The number of nitrogens with zero attached hydrogens (tertiary/aromatic N) is 3. The van der Waals surface area contributed by atoms with Crippen LogP contribution in [0.2, 0.25) is 5.02 Å². The largest absolute Gasteiger partial charge is 0.477 e. The van der Waals surface area contributed by atoms with Gasteiger partial charge in [0.15, 0.2) is 6.10 Å². The predicted molar refractivity (Wildman–Crippen MR) is 112 cm³/mol. The maximum atomic E-state index is 13.3. The van der Waals surface area contributed by atoms with Gasteiger partial charge in [-0.2, -0.15) is 13.2 Å². The van der Waals surface area contributed by atoms with Crippen molar-refractivity contribution in [1.29, 1.82) is 0 Å². The van der Waals surface area contributed by atoms with Gasteiger partial charge in [-0.3, -0.25) is 9.59 Å². The molecule has 0 aliphatic carbocycles. The lowest BCUT2D eigenvalue weighted by Crippen LogP contribution is -2.52. The van der Waals surface area contributed by atoms with Crippen molar-refractivity contribution in [3.8, 4) is 5.75 Å². The van der Waals surface area contributed by atoms with Gasteiger partial charge in [0, 0.05) is 25.2 Å². The highest BCUT2D eigenvalue weighted by molar-refractivity contribution is 6.33. The molecule has 7 nitrogen and oxygen atoms in total. The number of halogens is 4. The number of carbonyl (C=O) groups excluding carboxylic acids is 2. The van der Waals surface area contributed by atoms with Crippen LogP contribution in [0.15, 0.2) is 36.5 Å². The molecule has 2 N–H and O–H groups in total. The molecule has 2 amide bonds. The number of nitrogens with two attached hydrogens (primary N) is 1. The molecule has 1 atom stereocenters. The molecule has 1 saturated heterocycles. The van der Waals surface area contributed by atoms with Gasteiger partial charge in [0.1, 0.15) is 11.6 Å². The van der Waals surface area contributed by atoms with E-state index in [1.807, 2.05) is 0 Å². The monoisotopic (exact) mass is 468 g/mol. The summed E-state index contributed by atoms with van der Waals surface area (Å²) >= 11 is 6.05. The van der Waals surface area contributed by atoms with Gasteiger partial charge in [-0.15, -0.1) is 0 Å². The van der Waals surface area contributed by atoms with Crippen LogP contribution in [0.25, 0.3) is 0 Å². The molecule has 2 aliphatic rings. The van der Waals surface area contributed by atoms with Crippen LogP contribution in [0.5, 0.6) is 5.75 Å². The fourth-order valence-corrected chi connectivity index (χ4v) is 4.25. The first-order valence-electron chi connectivity index (χ1n) is 9.99. The number of pyridine rings is 1. The minimum atomic E-state index is -4.52. The molecule has 1 aromatic heterocycles. The molecule has 11 heteroatoms. The fourth-order valence-electron chi connectivity index (χ4n) is 3.97. The van der Waals surface area contributed by atoms with Crippen molar-refractivity contribution in [3.05, 3.63) is 47.1 Å². The first-order valence-corrected chi connectivity index (χ1v) is 10.4. The topological polar surface area (TPSA) is 88.8 Å². The Balaban J connectivity index is 1.47. The van der Waals surface area contributed by atoms with E-state index in [0.717, 1.165) is 12.3 Å². The van der Waals surface area contributed by atoms with Gasteiger partial charge in [-0.1, -0.05) is 23.7 Å². The number of rotatable bonds is 3. The van der Waals surface area contributed by atoms with E-state index in [9.17, 15) is 22.8 Å². The van der Waals surface area contributed by atoms with Crippen LogP contribution < -0.4 is 20.3 Å². The quantitative estimate of drug-likeness (QED) is 0.747. The number of ether oxygens (including phenoxy) is 1. The lowest BCUT2D eigenvalue weighted by Gasteiger charge is -2.38. The third-order valence-corrected chi connectivity index (χ3v) is 5.93. The van der Waals surface area contributed by atoms with Gasteiger partial charge in [-0.25, -0.2) is 4.98 Å². The molecule has 4 rings (SSSR count). The number of anilines is 2. The molecule has 32 heavy (non-hydrogen) atoms. The van der Waals surface area contributed by atoms with Gasteiger partial charge < -0.3 is 20.3 Å². The Morgan fingerprint density at radius 1 is 1.19 bits per heavy atom. The number of fused-ring (bicyclic) bond motifs is 1. The van der Waals surface area contributed by atoms with Gasteiger partial charge in [0.2, 0.25) is 5.91 Å². The molecule has 0 spiro atoms. The van der Waals surface area contributed by atoms with E-state index in [2.05, 4.69) is 4.98 Å². The normalized spacial score (nSPS) is 19.3. The molecular formula is C21H20ClF3N4O3. The second-order valence-corrected chi connectivity index (χ2v) is 8.12. The molecule has 2 aliphatic heterocycles. The molecule has 2 aromatic rings. The van der Waals surface area contributed by atoms with Gasteiger partial charge >= 0.3 is 6.18 Å². The molecule has 0 bridgehead atoms. The van der Waals surface area contributed by atoms with E-state index in [1.54, 1.807) is 29.2 Å². The van der Waals surface area contributed by atoms with Crippen LogP contribution in [0.4, 0.5) is 24.7 Å². The molecule has 0 unspecified atom stereocenters. The number of para-hydroxylation sites is 2. The van der Waals surface area contributed by atoms with Crippen LogP contribution >= 0.6 is 11.6 Å². The maximum Gasteiger partial charge on any atom is 0.417 e. The number of amides is 2. The summed E-state index contributed by atoms with van der Waals surface area (Å²) < 4.78 is 44.2. The van der Waals surface area contributed by atoms with Crippen LogP contribution in [0, 0.1) is 5.92 Å². The van der Waals surface area contributed by atoms with Gasteiger partial charge in [0.05, 0.1) is 22.8 Å². The van der Waals surface area contributed by atoms with E-state index in [-0.39, 0.29) is 29.2 Å². The highest BCUT2D eigenvalue weighted by Gasteiger charge is 2.37. The summed E-state index contributed by atoms with van der Waals surface area (Å²) in [5.74, 6) is -0.474.